The van der Waals surface area contributed by atoms with Crippen molar-refractivity contribution in [2.45, 2.75) is 39.0 Å². The fourth-order valence-electron chi connectivity index (χ4n) is 4.45. The van der Waals surface area contributed by atoms with Gasteiger partial charge in [0.1, 0.15) is 11.4 Å². The van der Waals surface area contributed by atoms with Crippen LogP contribution in [0, 0.1) is 27.7 Å². The van der Waals surface area contributed by atoms with Crippen molar-refractivity contribution in [1.29, 1.82) is 0 Å². The van der Waals surface area contributed by atoms with Crippen LogP contribution in [0.3, 0.4) is 0 Å². The molecule has 0 radical (unpaired) electrons. The Morgan fingerprint density at radius 1 is 1.06 bits per heavy atom. The van der Waals surface area contributed by atoms with Crippen molar-refractivity contribution in [3.05, 3.63) is 70.5 Å². The van der Waals surface area contributed by atoms with E-state index < -0.39 is 10.0 Å². The highest BCUT2D eigenvalue weighted by Crippen LogP contribution is 2.31. The van der Waals surface area contributed by atoms with Crippen LogP contribution >= 0.6 is 0 Å². The van der Waals surface area contributed by atoms with E-state index in [9.17, 15) is 13.2 Å². The molecule has 0 N–H and O–H groups in total. The SMILES string of the molecule is Cc1cc(C)cc(N(CC(=O)N2CCc3ccccc32)S(=O)(=O)c2c(C)nn(C)c2C)c1. The molecule has 0 saturated heterocycles. The summed E-state index contributed by atoms with van der Waals surface area (Å²) < 4.78 is 30.6. The van der Waals surface area contributed by atoms with Gasteiger partial charge in [-0.15, -0.1) is 0 Å². The standard InChI is InChI=1S/C24H28N4O3S/c1-16-12-17(2)14-21(13-16)28(32(30,31)24-18(3)25-26(5)19(24)4)15-23(29)27-11-10-20-8-6-7-9-22(20)27/h6-9,12-14H,10-11,15H2,1-5H3. The van der Waals surface area contributed by atoms with Crippen LogP contribution in [0.25, 0.3) is 0 Å². The lowest BCUT2D eigenvalue weighted by Crippen LogP contribution is -2.43. The van der Waals surface area contributed by atoms with E-state index in [0.717, 1.165) is 28.8 Å². The summed E-state index contributed by atoms with van der Waals surface area (Å²) in [5.74, 6) is -0.253. The largest absolute Gasteiger partial charge is 0.310 e. The molecule has 0 spiro atoms. The molecule has 1 aliphatic heterocycles. The van der Waals surface area contributed by atoms with Crippen molar-refractivity contribution < 1.29 is 13.2 Å². The number of rotatable bonds is 5. The van der Waals surface area contributed by atoms with Crippen molar-refractivity contribution in [2.24, 2.45) is 7.05 Å². The number of sulfonamides is 1. The molecule has 0 fully saturated rings. The van der Waals surface area contributed by atoms with Gasteiger partial charge in [-0.05, 0) is 69.0 Å². The molecular weight excluding hydrogens is 424 g/mol. The third kappa shape index (κ3) is 3.79. The predicted octanol–water partition coefficient (Wildman–Crippen LogP) is 3.44. The lowest BCUT2D eigenvalue weighted by molar-refractivity contribution is -0.117. The van der Waals surface area contributed by atoms with E-state index in [0.29, 0.717) is 23.6 Å². The highest BCUT2D eigenvalue weighted by atomic mass is 32.2. The number of fused-ring (bicyclic) bond motifs is 1. The summed E-state index contributed by atoms with van der Waals surface area (Å²) in [6, 6.07) is 13.3. The number of hydrogen-bond acceptors (Lipinski definition) is 4. The van der Waals surface area contributed by atoms with Gasteiger partial charge in [0, 0.05) is 19.3 Å². The first-order chi connectivity index (χ1) is 15.1. The van der Waals surface area contributed by atoms with Crippen LogP contribution in [0.4, 0.5) is 11.4 Å². The number of hydrogen-bond donors (Lipinski definition) is 0. The van der Waals surface area contributed by atoms with Crippen LogP contribution in [-0.4, -0.2) is 37.2 Å². The fourth-order valence-corrected chi connectivity index (χ4v) is 6.26. The maximum Gasteiger partial charge on any atom is 0.268 e. The predicted molar refractivity (Wildman–Crippen MR) is 126 cm³/mol. The Balaban J connectivity index is 1.79. The molecule has 1 amide bonds. The molecule has 0 bridgehead atoms. The van der Waals surface area contributed by atoms with Crippen LogP contribution in [0.5, 0.6) is 0 Å². The molecule has 1 aromatic heterocycles. The zero-order chi connectivity index (χ0) is 23.2. The van der Waals surface area contributed by atoms with Gasteiger partial charge in [-0.25, -0.2) is 8.42 Å². The minimum Gasteiger partial charge on any atom is -0.310 e. The van der Waals surface area contributed by atoms with Gasteiger partial charge in [-0.3, -0.25) is 13.8 Å². The maximum atomic E-state index is 13.9. The Morgan fingerprint density at radius 3 is 2.34 bits per heavy atom. The first kappa shape index (κ1) is 22.1. The smallest absolute Gasteiger partial charge is 0.268 e. The van der Waals surface area contributed by atoms with Gasteiger partial charge < -0.3 is 4.90 Å². The number of amides is 1. The summed E-state index contributed by atoms with van der Waals surface area (Å²) in [6.07, 6.45) is 0.763. The number of aryl methyl sites for hydroxylation is 4. The molecule has 3 aromatic rings. The third-order valence-electron chi connectivity index (χ3n) is 5.95. The lowest BCUT2D eigenvalue weighted by atomic mass is 10.1. The van der Waals surface area contributed by atoms with Gasteiger partial charge in [0.05, 0.1) is 17.1 Å². The Bertz CT molecular complexity index is 1290. The molecular formula is C24H28N4O3S. The summed E-state index contributed by atoms with van der Waals surface area (Å²) in [5, 5.41) is 4.29. The van der Waals surface area contributed by atoms with E-state index in [1.165, 1.54) is 4.31 Å². The molecule has 2 aromatic carbocycles. The fraction of sp³-hybridized carbons (Fsp3) is 0.333. The number of aromatic nitrogens is 2. The molecule has 1 aliphatic rings. The summed E-state index contributed by atoms with van der Waals surface area (Å²) >= 11 is 0. The van der Waals surface area contributed by atoms with Gasteiger partial charge in [0.15, 0.2) is 0 Å². The molecule has 32 heavy (non-hydrogen) atoms. The third-order valence-corrected chi connectivity index (χ3v) is 7.98. The van der Waals surface area contributed by atoms with Crippen molar-refractivity contribution in [1.82, 2.24) is 9.78 Å². The van der Waals surface area contributed by atoms with Gasteiger partial charge in [-0.2, -0.15) is 5.10 Å². The van der Waals surface area contributed by atoms with Crippen molar-refractivity contribution >= 4 is 27.3 Å². The van der Waals surface area contributed by atoms with Crippen LogP contribution in [-0.2, 0) is 28.3 Å². The van der Waals surface area contributed by atoms with E-state index in [-0.39, 0.29) is 17.3 Å². The quantitative estimate of drug-likeness (QED) is 0.594. The van der Waals surface area contributed by atoms with Gasteiger partial charge >= 0.3 is 0 Å². The van der Waals surface area contributed by atoms with Crippen molar-refractivity contribution in [3.63, 3.8) is 0 Å². The Morgan fingerprint density at radius 2 is 1.72 bits per heavy atom. The van der Waals surface area contributed by atoms with Crippen molar-refractivity contribution in [3.8, 4) is 0 Å². The second kappa shape index (κ2) is 8.09. The highest BCUT2D eigenvalue weighted by molar-refractivity contribution is 7.93. The van der Waals surface area contributed by atoms with Gasteiger partial charge in [0.2, 0.25) is 5.91 Å². The van der Waals surface area contributed by atoms with Crippen LogP contribution in [0.1, 0.15) is 28.1 Å². The van der Waals surface area contributed by atoms with E-state index >= 15 is 0 Å². The molecule has 0 unspecified atom stereocenters. The maximum absolute atomic E-state index is 13.9. The number of carbonyl (C=O) groups excluding carboxylic acids is 1. The number of anilines is 2. The van der Waals surface area contributed by atoms with E-state index in [4.69, 9.17) is 0 Å². The number of benzene rings is 2. The molecule has 7 nitrogen and oxygen atoms in total. The Hall–Kier alpha value is -3.13. The zero-order valence-corrected chi connectivity index (χ0v) is 19.9. The van der Waals surface area contributed by atoms with E-state index in [1.54, 1.807) is 42.6 Å². The average Bonchev–Trinajstić information content (AvgIpc) is 3.25. The molecule has 8 heteroatoms. The Kier molecular flexibility index (Phi) is 5.58. The molecule has 0 atom stereocenters. The topological polar surface area (TPSA) is 75.5 Å². The lowest BCUT2D eigenvalue weighted by Gasteiger charge is -2.27. The van der Waals surface area contributed by atoms with Gasteiger partial charge in [0.25, 0.3) is 10.0 Å². The summed E-state index contributed by atoms with van der Waals surface area (Å²) in [7, 11) is -2.31. The van der Waals surface area contributed by atoms with Crippen LogP contribution in [0.2, 0.25) is 0 Å². The van der Waals surface area contributed by atoms with E-state index in [1.807, 2.05) is 44.2 Å². The van der Waals surface area contributed by atoms with Crippen LogP contribution < -0.4 is 9.21 Å². The normalized spacial score (nSPS) is 13.3. The minimum atomic E-state index is -4.03. The monoisotopic (exact) mass is 452 g/mol. The molecule has 0 aliphatic carbocycles. The number of nitrogens with zero attached hydrogens (tertiary/aromatic N) is 4. The van der Waals surface area contributed by atoms with Crippen molar-refractivity contribution in [2.75, 3.05) is 22.3 Å². The molecule has 168 valence electrons. The van der Waals surface area contributed by atoms with Gasteiger partial charge in [-0.1, -0.05) is 24.3 Å². The second-order valence-corrected chi connectivity index (χ2v) is 10.2. The highest BCUT2D eigenvalue weighted by Gasteiger charge is 2.35. The Labute approximate surface area is 189 Å². The number of para-hydroxylation sites is 1. The summed E-state index contributed by atoms with van der Waals surface area (Å²) in [6.45, 7) is 7.50. The molecule has 2 heterocycles. The minimum absolute atomic E-state index is 0.147. The first-order valence-corrected chi connectivity index (χ1v) is 12.0. The average molecular weight is 453 g/mol. The molecule has 0 saturated carbocycles. The molecule has 4 rings (SSSR count). The zero-order valence-electron chi connectivity index (χ0n) is 19.1. The summed E-state index contributed by atoms with van der Waals surface area (Å²) in [4.78, 5) is 15.2. The summed E-state index contributed by atoms with van der Waals surface area (Å²) in [5.41, 5.74) is 5.24. The first-order valence-electron chi connectivity index (χ1n) is 10.6. The van der Waals surface area contributed by atoms with Crippen LogP contribution in [0.15, 0.2) is 47.4 Å². The second-order valence-electron chi connectivity index (χ2n) is 8.41. The van der Waals surface area contributed by atoms with E-state index in [2.05, 4.69) is 5.10 Å². The number of carbonyl (C=O) groups is 1.